The van der Waals surface area contributed by atoms with Crippen molar-refractivity contribution in [1.82, 2.24) is 0 Å². The summed E-state index contributed by atoms with van der Waals surface area (Å²) < 4.78 is 0. The van der Waals surface area contributed by atoms with E-state index in [4.69, 9.17) is 11.6 Å². The first-order chi connectivity index (χ1) is 9.58. The number of hydrogen-bond acceptors (Lipinski definition) is 1. The molecule has 0 spiro atoms. The number of carbonyl (C=O) groups excluding carboxylic acids is 1. The summed E-state index contributed by atoms with van der Waals surface area (Å²) in [4.78, 5) is 12.4. The van der Waals surface area contributed by atoms with E-state index in [0.29, 0.717) is 11.7 Å². The number of allylic oxidation sites excluding steroid dienone is 1. The summed E-state index contributed by atoms with van der Waals surface area (Å²) in [6.45, 7) is 2.19. The fourth-order valence-corrected chi connectivity index (χ4v) is 3.97. The average Bonchev–Trinajstić information content (AvgIpc) is 2.68. The van der Waals surface area contributed by atoms with Crippen molar-refractivity contribution in [3.8, 4) is 0 Å². The lowest BCUT2D eigenvalue weighted by Crippen LogP contribution is -2.29. The minimum absolute atomic E-state index is 0.102. The molecule has 2 fully saturated rings. The Morgan fingerprint density at radius 2 is 2.00 bits per heavy atom. The molecule has 0 aliphatic heterocycles. The van der Waals surface area contributed by atoms with E-state index in [0.717, 1.165) is 30.7 Å². The van der Waals surface area contributed by atoms with Gasteiger partial charge in [0.05, 0.1) is 0 Å². The molecule has 0 aromatic heterocycles. The lowest BCUT2D eigenvalue weighted by molar-refractivity contribution is -0.129. The Balaban J connectivity index is 1.84. The summed E-state index contributed by atoms with van der Waals surface area (Å²) in [7, 11) is 0. The van der Waals surface area contributed by atoms with Crippen LogP contribution in [-0.2, 0) is 4.79 Å². The molecule has 106 valence electrons. The van der Waals surface area contributed by atoms with E-state index in [1.807, 2.05) is 24.3 Å². The fraction of sp³-hybridized carbons (Fsp3) is 0.500. The van der Waals surface area contributed by atoms with Crippen molar-refractivity contribution in [2.45, 2.75) is 45.4 Å². The summed E-state index contributed by atoms with van der Waals surface area (Å²) in [6, 6.07) is 7.95. The van der Waals surface area contributed by atoms with Crippen LogP contribution < -0.4 is 0 Å². The third kappa shape index (κ3) is 2.56. The van der Waals surface area contributed by atoms with Crippen molar-refractivity contribution in [2.75, 3.05) is 0 Å². The Labute approximate surface area is 126 Å². The highest BCUT2D eigenvalue weighted by Gasteiger charge is 2.46. The molecule has 3 rings (SSSR count). The number of benzene rings is 1. The van der Waals surface area contributed by atoms with Gasteiger partial charge in [-0.15, -0.1) is 0 Å². The highest BCUT2D eigenvalue weighted by atomic mass is 35.5. The van der Waals surface area contributed by atoms with Gasteiger partial charge < -0.3 is 0 Å². The van der Waals surface area contributed by atoms with Gasteiger partial charge >= 0.3 is 0 Å². The molecule has 0 radical (unpaired) electrons. The standard InChI is InChI=1S/C18H21ClO/c1-18-12-14(10-13-6-8-16(19)9-7-13)11-15(18)4-2-3-5-17(18)20/h6-10,15H,2-5,11-12H2,1H3/b14-10-/t15-,18+/m1/s1. The second-order valence-electron chi connectivity index (χ2n) is 6.52. The lowest BCUT2D eigenvalue weighted by atomic mass is 9.75. The number of fused-ring (bicyclic) bond motifs is 1. The number of halogens is 1. The zero-order chi connectivity index (χ0) is 14.2. The van der Waals surface area contributed by atoms with Crippen molar-refractivity contribution < 1.29 is 4.79 Å². The predicted molar refractivity (Wildman–Crippen MR) is 83.7 cm³/mol. The summed E-state index contributed by atoms with van der Waals surface area (Å²) in [5.74, 6) is 1.04. The third-order valence-corrected chi connectivity index (χ3v) is 5.34. The molecule has 0 saturated heterocycles. The Morgan fingerprint density at radius 1 is 1.25 bits per heavy atom. The van der Waals surface area contributed by atoms with E-state index in [1.54, 1.807) is 0 Å². The van der Waals surface area contributed by atoms with Gasteiger partial charge in [0.15, 0.2) is 0 Å². The van der Waals surface area contributed by atoms with Crippen LogP contribution in [0.2, 0.25) is 5.02 Å². The topological polar surface area (TPSA) is 17.1 Å². The van der Waals surface area contributed by atoms with Crippen LogP contribution in [0.25, 0.3) is 6.08 Å². The number of ketones is 1. The number of carbonyl (C=O) groups is 1. The zero-order valence-corrected chi connectivity index (χ0v) is 12.7. The summed E-state index contributed by atoms with van der Waals surface area (Å²) >= 11 is 5.92. The van der Waals surface area contributed by atoms with Crippen molar-refractivity contribution in [3.63, 3.8) is 0 Å². The van der Waals surface area contributed by atoms with Gasteiger partial charge in [-0.05, 0) is 49.3 Å². The van der Waals surface area contributed by atoms with Gasteiger partial charge in [0.1, 0.15) is 5.78 Å². The van der Waals surface area contributed by atoms with Crippen LogP contribution in [0.5, 0.6) is 0 Å². The summed E-state index contributed by atoms with van der Waals surface area (Å²) in [5, 5.41) is 0.769. The van der Waals surface area contributed by atoms with Gasteiger partial charge in [0.25, 0.3) is 0 Å². The normalized spacial score (nSPS) is 32.2. The maximum absolute atomic E-state index is 12.4. The van der Waals surface area contributed by atoms with Crippen LogP contribution in [0.4, 0.5) is 0 Å². The van der Waals surface area contributed by atoms with E-state index in [2.05, 4.69) is 13.0 Å². The van der Waals surface area contributed by atoms with Crippen LogP contribution >= 0.6 is 11.6 Å². The molecule has 2 aliphatic rings. The molecule has 1 aromatic carbocycles. The van der Waals surface area contributed by atoms with E-state index >= 15 is 0 Å². The molecule has 2 atom stereocenters. The van der Waals surface area contributed by atoms with E-state index in [1.165, 1.54) is 24.0 Å². The fourth-order valence-electron chi connectivity index (χ4n) is 3.84. The van der Waals surface area contributed by atoms with Crippen LogP contribution in [0, 0.1) is 11.3 Å². The Kier molecular flexibility index (Phi) is 3.72. The van der Waals surface area contributed by atoms with Crippen LogP contribution in [-0.4, -0.2) is 5.78 Å². The monoisotopic (exact) mass is 288 g/mol. The van der Waals surface area contributed by atoms with Gasteiger partial charge in [-0.1, -0.05) is 48.7 Å². The Morgan fingerprint density at radius 3 is 2.75 bits per heavy atom. The first kappa shape index (κ1) is 13.9. The van der Waals surface area contributed by atoms with Gasteiger partial charge in [0, 0.05) is 16.9 Å². The number of rotatable bonds is 1. The van der Waals surface area contributed by atoms with Crippen molar-refractivity contribution in [1.29, 1.82) is 0 Å². The molecule has 0 unspecified atom stereocenters. The minimum Gasteiger partial charge on any atom is -0.299 e. The first-order valence-corrected chi connectivity index (χ1v) is 7.94. The molecule has 2 aliphatic carbocycles. The first-order valence-electron chi connectivity index (χ1n) is 7.56. The third-order valence-electron chi connectivity index (χ3n) is 5.09. The summed E-state index contributed by atoms with van der Waals surface area (Å²) in [6.07, 6.45) is 8.57. The van der Waals surface area contributed by atoms with E-state index in [9.17, 15) is 4.79 Å². The van der Waals surface area contributed by atoms with Crippen LogP contribution in [0.3, 0.4) is 0 Å². The number of hydrogen-bond donors (Lipinski definition) is 0. The zero-order valence-electron chi connectivity index (χ0n) is 12.0. The molecule has 0 bridgehead atoms. The average molecular weight is 289 g/mol. The lowest BCUT2D eigenvalue weighted by Gasteiger charge is -2.27. The van der Waals surface area contributed by atoms with Gasteiger partial charge in [0.2, 0.25) is 0 Å². The molecule has 1 aromatic rings. The van der Waals surface area contributed by atoms with Gasteiger partial charge in [-0.25, -0.2) is 0 Å². The van der Waals surface area contributed by atoms with Crippen molar-refractivity contribution in [3.05, 3.63) is 40.4 Å². The molecule has 0 N–H and O–H groups in total. The highest BCUT2D eigenvalue weighted by Crippen LogP contribution is 2.51. The van der Waals surface area contributed by atoms with Crippen molar-refractivity contribution >= 4 is 23.5 Å². The predicted octanol–water partition coefficient (Wildman–Crippen LogP) is 5.28. The summed E-state index contributed by atoms with van der Waals surface area (Å²) in [5.41, 5.74) is 2.52. The SMILES string of the molecule is C[C@]12C/C(=C\c3ccc(Cl)cc3)C[C@H]1CCCCC2=O. The molecule has 0 amide bonds. The number of Topliss-reactive ketones (excluding diaryl/α,β-unsaturated/α-hetero) is 1. The quantitative estimate of drug-likeness (QED) is 0.687. The molecule has 2 heteroatoms. The second kappa shape index (κ2) is 5.37. The second-order valence-corrected chi connectivity index (χ2v) is 6.95. The maximum atomic E-state index is 12.4. The van der Waals surface area contributed by atoms with E-state index in [-0.39, 0.29) is 5.41 Å². The minimum atomic E-state index is -0.102. The molecule has 1 nitrogen and oxygen atoms in total. The Bertz CT molecular complexity index is 543. The maximum Gasteiger partial charge on any atom is 0.139 e. The van der Waals surface area contributed by atoms with Crippen LogP contribution in [0.1, 0.15) is 51.0 Å². The smallest absolute Gasteiger partial charge is 0.139 e. The molecule has 0 heterocycles. The van der Waals surface area contributed by atoms with Crippen molar-refractivity contribution in [2.24, 2.45) is 11.3 Å². The van der Waals surface area contributed by atoms with Crippen LogP contribution in [0.15, 0.2) is 29.8 Å². The largest absolute Gasteiger partial charge is 0.299 e. The highest BCUT2D eigenvalue weighted by molar-refractivity contribution is 6.30. The van der Waals surface area contributed by atoms with Gasteiger partial charge in [-0.2, -0.15) is 0 Å². The molecule has 20 heavy (non-hydrogen) atoms. The Hall–Kier alpha value is -1.08. The van der Waals surface area contributed by atoms with Gasteiger partial charge in [-0.3, -0.25) is 4.79 Å². The van der Waals surface area contributed by atoms with E-state index < -0.39 is 0 Å². The molecule has 2 saturated carbocycles. The molecular weight excluding hydrogens is 268 g/mol. The molecular formula is C18H21ClO.